The molecule has 0 saturated carbocycles. The normalized spacial score (nSPS) is 10.1. The first-order chi connectivity index (χ1) is 8.65. The predicted octanol–water partition coefficient (Wildman–Crippen LogP) is 1.17. The van der Waals surface area contributed by atoms with Gasteiger partial charge in [0.1, 0.15) is 6.29 Å². The number of benzene rings is 1. The van der Waals surface area contributed by atoms with E-state index >= 15 is 0 Å². The van der Waals surface area contributed by atoms with Gasteiger partial charge in [0.15, 0.2) is 5.69 Å². The monoisotopic (exact) mass is 245 g/mol. The second kappa shape index (κ2) is 4.79. The molecule has 2 rings (SSSR count). The Bertz CT molecular complexity index is 587. The van der Waals surface area contributed by atoms with Crippen LogP contribution in [0.2, 0.25) is 0 Å². The molecule has 18 heavy (non-hydrogen) atoms. The van der Waals surface area contributed by atoms with E-state index in [4.69, 9.17) is 0 Å². The zero-order valence-corrected chi connectivity index (χ0v) is 9.95. The Morgan fingerprint density at radius 3 is 2.50 bits per heavy atom. The minimum Gasteiger partial charge on any atom is -0.464 e. The average Bonchev–Trinajstić information content (AvgIpc) is 2.80. The van der Waals surface area contributed by atoms with E-state index in [2.05, 4.69) is 14.9 Å². The minimum absolute atomic E-state index is 0.178. The summed E-state index contributed by atoms with van der Waals surface area (Å²) < 4.78 is 4.60. The highest BCUT2D eigenvalue weighted by atomic mass is 16.5. The summed E-state index contributed by atoms with van der Waals surface area (Å²) in [4.78, 5) is 23.3. The van der Waals surface area contributed by atoms with Crippen LogP contribution in [-0.2, 0) is 4.74 Å². The number of rotatable bonds is 3. The topological polar surface area (TPSA) is 74.1 Å². The fourth-order valence-electron chi connectivity index (χ4n) is 1.47. The Labute approximate surface area is 103 Å². The van der Waals surface area contributed by atoms with E-state index in [1.165, 1.54) is 11.9 Å². The number of aromatic nitrogens is 3. The van der Waals surface area contributed by atoms with Crippen molar-refractivity contribution in [2.75, 3.05) is 7.11 Å². The van der Waals surface area contributed by atoms with Gasteiger partial charge in [0.05, 0.1) is 18.5 Å². The van der Waals surface area contributed by atoms with E-state index in [-0.39, 0.29) is 5.69 Å². The number of aldehydes is 1. The molecular formula is C12H11N3O3. The molecule has 1 heterocycles. The third-order valence-electron chi connectivity index (χ3n) is 2.42. The maximum Gasteiger partial charge on any atom is 0.360 e. The van der Waals surface area contributed by atoms with Crippen molar-refractivity contribution in [1.82, 2.24) is 15.0 Å². The summed E-state index contributed by atoms with van der Waals surface area (Å²) in [6.07, 6.45) is 0.755. The number of aryl methyl sites for hydroxylation is 1. The Hall–Kier alpha value is -2.50. The minimum atomic E-state index is -0.525. The number of nitrogens with zero attached hydrogens (tertiary/aromatic N) is 3. The standard InChI is InChI=1S/C12H11N3O3/c1-8-11(12(17)18-2)14-15(13-8)10-5-3-9(7-16)4-6-10/h3-7H,1-2H3. The number of ether oxygens (including phenoxy) is 1. The molecule has 0 aliphatic rings. The SMILES string of the molecule is COC(=O)c1nn(-c2ccc(C=O)cc2)nc1C. The fraction of sp³-hybridized carbons (Fsp3) is 0.167. The van der Waals surface area contributed by atoms with Gasteiger partial charge in [0.25, 0.3) is 0 Å². The van der Waals surface area contributed by atoms with Crippen molar-refractivity contribution in [1.29, 1.82) is 0 Å². The molecule has 1 aromatic heterocycles. The number of hydrogen-bond acceptors (Lipinski definition) is 5. The highest BCUT2D eigenvalue weighted by Crippen LogP contribution is 2.10. The first kappa shape index (κ1) is 12.0. The third kappa shape index (κ3) is 2.13. The third-order valence-corrected chi connectivity index (χ3v) is 2.42. The van der Waals surface area contributed by atoms with Crippen LogP contribution < -0.4 is 0 Å². The van der Waals surface area contributed by atoms with Crippen molar-refractivity contribution in [3.8, 4) is 5.69 Å². The molecule has 0 atom stereocenters. The van der Waals surface area contributed by atoms with Gasteiger partial charge in [-0.15, -0.1) is 5.10 Å². The summed E-state index contributed by atoms with van der Waals surface area (Å²) in [7, 11) is 1.29. The molecule has 0 saturated heterocycles. The lowest BCUT2D eigenvalue weighted by Crippen LogP contribution is -2.05. The van der Waals surface area contributed by atoms with Gasteiger partial charge in [-0.3, -0.25) is 4.79 Å². The van der Waals surface area contributed by atoms with Gasteiger partial charge in [-0.2, -0.15) is 9.90 Å². The Morgan fingerprint density at radius 1 is 1.28 bits per heavy atom. The van der Waals surface area contributed by atoms with Crippen molar-refractivity contribution < 1.29 is 14.3 Å². The molecule has 0 amide bonds. The molecule has 1 aromatic carbocycles. The molecule has 0 aliphatic carbocycles. The fourth-order valence-corrected chi connectivity index (χ4v) is 1.47. The molecular weight excluding hydrogens is 234 g/mol. The largest absolute Gasteiger partial charge is 0.464 e. The Balaban J connectivity index is 2.38. The zero-order chi connectivity index (χ0) is 13.1. The molecule has 0 spiro atoms. The lowest BCUT2D eigenvalue weighted by atomic mass is 10.2. The molecule has 0 unspecified atom stereocenters. The van der Waals surface area contributed by atoms with E-state index in [0.29, 0.717) is 16.9 Å². The smallest absolute Gasteiger partial charge is 0.360 e. The maximum absolute atomic E-state index is 11.4. The number of esters is 1. The van der Waals surface area contributed by atoms with E-state index in [9.17, 15) is 9.59 Å². The number of hydrogen-bond donors (Lipinski definition) is 0. The predicted molar refractivity (Wildman–Crippen MR) is 62.8 cm³/mol. The first-order valence-electron chi connectivity index (χ1n) is 5.23. The van der Waals surface area contributed by atoms with Crippen molar-refractivity contribution >= 4 is 12.3 Å². The van der Waals surface area contributed by atoms with Crippen LogP contribution in [0.25, 0.3) is 5.69 Å². The highest BCUT2D eigenvalue weighted by molar-refractivity contribution is 5.88. The second-order valence-corrected chi connectivity index (χ2v) is 3.62. The van der Waals surface area contributed by atoms with E-state index in [0.717, 1.165) is 6.29 Å². The molecule has 6 nitrogen and oxygen atoms in total. The van der Waals surface area contributed by atoms with Crippen LogP contribution in [0, 0.1) is 6.92 Å². The molecule has 6 heteroatoms. The van der Waals surface area contributed by atoms with Gasteiger partial charge in [0.2, 0.25) is 0 Å². The highest BCUT2D eigenvalue weighted by Gasteiger charge is 2.16. The van der Waals surface area contributed by atoms with Gasteiger partial charge >= 0.3 is 5.97 Å². The average molecular weight is 245 g/mol. The van der Waals surface area contributed by atoms with Gasteiger partial charge in [-0.25, -0.2) is 4.79 Å². The second-order valence-electron chi connectivity index (χ2n) is 3.62. The molecule has 0 aliphatic heterocycles. The Kier molecular flexibility index (Phi) is 3.18. The van der Waals surface area contributed by atoms with Crippen molar-refractivity contribution in [3.05, 3.63) is 41.2 Å². The van der Waals surface area contributed by atoms with Crippen LogP contribution >= 0.6 is 0 Å². The van der Waals surface area contributed by atoms with Crippen LogP contribution in [0.3, 0.4) is 0 Å². The summed E-state index contributed by atoms with van der Waals surface area (Å²) in [5, 5.41) is 8.17. The Morgan fingerprint density at radius 2 is 1.94 bits per heavy atom. The summed E-state index contributed by atoms with van der Waals surface area (Å²) in [6.45, 7) is 1.68. The summed E-state index contributed by atoms with van der Waals surface area (Å²) in [6, 6.07) is 6.70. The number of carbonyl (C=O) groups is 2. The van der Waals surface area contributed by atoms with Crippen LogP contribution in [-0.4, -0.2) is 34.4 Å². The molecule has 2 aromatic rings. The van der Waals surface area contributed by atoms with Crippen molar-refractivity contribution in [2.24, 2.45) is 0 Å². The van der Waals surface area contributed by atoms with Gasteiger partial charge in [-0.1, -0.05) is 0 Å². The lowest BCUT2D eigenvalue weighted by molar-refractivity contribution is 0.0592. The van der Waals surface area contributed by atoms with Crippen molar-refractivity contribution in [3.63, 3.8) is 0 Å². The van der Waals surface area contributed by atoms with E-state index < -0.39 is 5.97 Å². The van der Waals surface area contributed by atoms with Crippen LogP contribution in [0.1, 0.15) is 26.5 Å². The summed E-state index contributed by atoms with van der Waals surface area (Å²) >= 11 is 0. The van der Waals surface area contributed by atoms with E-state index in [1.807, 2.05) is 0 Å². The molecule has 0 bridgehead atoms. The van der Waals surface area contributed by atoms with Gasteiger partial charge < -0.3 is 4.74 Å². The van der Waals surface area contributed by atoms with Gasteiger partial charge in [-0.05, 0) is 31.2 Å². The number of methoxy groups -OCH3 is 1. The van der Waals surface area contributed by atoms with Crippen LogP contribution in [0.4, 0.5) is 0 Å². The lowest BCUT2D eigenvalue weighted by Gasteiger charge is -1.98. The first-order valence-corrected chi connectivity index (χ1v) is 5.23. The van der Waals surface area contributed by atoms with Gasteiger partial charge in [0, 0.05) is 5.56 Å². The quantitative estimate of drug-likeness (QED) is 0.599. The van der Waals surface area contributed by atoms with Crippen LogP contribution in [0.15, 0.2) is 24.3 Å². The molecule has 0 radical (unpaired) electrons. The van der Waals surface area contributed by atoms with E-state index in [1.54, 1.807) is 31.2 Å². The maximum atomic E-state index is 11.4. The molecule has 92 valence electrons. The zero-order valence-electron chi connectivity index (χ0n) is 9.95. The summed E-state index contributed by atoms with van der Waals surface area (Å²) in [5.41, 5.74) is 1.90. The summed E-state index contributed by atoms with van der Waals surface area (Å²) in [5.74, 6) is -0.525. The van der Waals surface area contributed by atoms with Crippen molar-refractivity contribution in [2.45, 2.75) is 6.92 Å². The molecule has 0 fully saturated rings. The van der Waals surface area contributed by atoms with Crippen LogP contribution in [0.5, 0.6) is 0 Å². The number of carbonyl (C=O) groups excluding carboxylic acids is 2. The molecule has 0 N–H and O–H groups in total.